The third-order valence-corrected chi connectivity index (χ3v) is 2.85. The predicted molar refractivity (Wildman–Crippen MR) is 69.0 cm³/mol. The fourth-order valence-electron chi connectivity index (χ4n) is 2.11. The quantitative estimate of drug-likeness (QED) is 0.845. The van der Waals surface area contributed by atoms with Gasteiger partial charge >= 0.3 is 0 Å². The monoisotopic (exact) mass is 221 g/mol. The second-order valence-corrected chi connectivity index (χ2v) is 5.33. The van der Waals surface area contributed by atoms with Gasteiger partial charge in [-0.2, -0.15) is 0 Å². The number of methoxy groups -OCH3 is 1. The second-order valence-electron chi connectivity index (χ2n) is 5.33. The zero-order chi connectivity index (χ0) is 12.3. The van der Waals surface area contributed by atoms with E-state index in [9.17, 15) is 0 Å². The molecular formula is C14H23NO. The molecule has 0 radical (unpaired) electrons. The van der Waals surface area contributed by atoms with Crippen LogP contribution in [0.5, 0.6) is 5.75 Å². The van der Waals surface area contributed by atoms with Crippen molar-refractivity contribution in [1.29, 1.82) is 0 Å². The minimum absolute atomic E-state index is 0.164. The molecule has 2 nitrogen and oxygen atoms in total. The molecule has 1 atom stereocenters. The summed E-state index contributed by atoms with van der Waals surface area (Å²) in [4.78, 5) is 0. The van der Waals surface area contributed by atoms with Crippen molar-refractivity contribution in [1.82, 2.24) is 5.32 Å². The molecule has 0 saturated heterocycles. The predicted octanol–water partition coefficient (Wildman–Crippen LogP) is 3.31. The number of hydrogen-bond acceptors (Lipinski definition) is 2. The van der Waals surface area contributed by atoms with E-state index >= 15 is 0 Å². The van der Waals surface area contributed by atoms with Crippen LogP contribution in [0.3, 0.4) is 0 Å². The van der Waals surface area contributed by atoms with Gasteiger partial charge in [0.15, 0.2) is 0 Å². The molecule has 0 fully saturated rings. The van der Waals surface area contributed by atoms with Crippen LogP contribution in [0.15, 0.2) is 18.2 Å². The van der Waals surface area contributed by atoms with Crippen LogP contribution in [0.1, 0.15) is 37.9 Å². The summed E-state index contributed by atoms with van der Waals surface area (Å²) < 4.78 is 5.46. The van der Waals surface area contributed by atoms with Crippen molar-refractivity contribution in [3.05, 3.63) is 29.3 Å². The molecule has 2 heteroatoms. The fourth-order valence-corrected chi connectivity index (χ4v) is 2.11. The Bertz CT molecular complexity index is 352. The third kappa shape index (κ3) is 2.76. The minimum Gasteiger partial charge on any atom is -0.496 e. The van der Waals surface area contributed by atoms with E-state index < -0.39 is 0 Å². The molecule has 0 spiro atoms. The number of hydrogen-bond donors (Lipinski definition) is 1. The lowest BCUT2D eigenvalue weighted by atomic mass is 9.82. The summed E-state index contributed by atoms with van der Waals surface area (Å²) in [6, 6.07) is 6.67. The van der Waals surface area contributed by atoms with Gasteiger partial charge in [0.05, 0.1) is 7.11 Å². The molecular weight excluding hydrogens is 198 g/mol. The summed E-state index contributed by atoms with van der Waals surface area (Å²) in [5.41, 5.74) is 2.62. The molecule has 0 amide bonds. The number of nitrogens with one attached hydrogen (secondary N) is 1. The molecule has 90 valence electrons. The molecule has 1 aromatic rings. The van der Waals surface area contributed by atoms with Crippen LogP contribution < -0.4 is 10.1 Å². The van der Waals surface area contributed by atoms with Crippen molar-refractivity contribution in [2.45, 2.75) is 33.7 Å². The third-order valence-electron chi connectivity index (χ3n) is 2.85. The Morgan fingerprint density at radius 2 is 1.88 bits per heavy atom. The van der Waals surface area contributed by atoms with Crippen LogP contribution in [0.25, 0.3) is 0 Å². The van der Waals surface area contributed by atoms with Crippen molar-refractivity contribution in [3.8, 4) is 5.75 Å². The lowest BCUT2D eigenvalue weighted by Gasteiger charge is -2.32. The Morgan fingerprint density at radius 1 is 1.25 bits per heavy atom. The van der Waals surface area contributed by atoms with Gasteiger partial charge in [0.1, 0.15) is 5.75 Å². The van der Waals surface area contributed by atoms with Gasteiger partial charge < -0.3 is 10.1 Å². The van der Waals surface area contributed by atoms with E-state index in [0.717, 1.165) is 5.75 Å². The van der Waals surface area contributed by atoms with E-state index in [2.05, 4.69) is 51.2 Å². The summed E-state index contributed by atoms with van der Waals surface area (Å²) in [5, 5.41) is 3.37. The molecule has 0 saturated carbocycles. The lowest BCUT2D eigenvalue weighted by Crippen LogP contribution is -2.30. The summed E-state index contributed by atoms with van der Waals surface area (Å²) in [7, 11) is 3.73. The van der Waals surface area contributed by atoms with Gasteiger partial charge in [0.2, 0.25) is 0 Å². The number of benzene rings is 1. The van der Waals surface area contributed by atoms with Gasteiger partial charge in [-0.25, -0.2) is 0 Å². The van der Waals surface area contributed by atoms with Crippen molar-refractivity contribution in [2.75, 3.05) is 14.2 Å². The van der Waals surface area contributed by atoms with Crippen molar-refractivity contribution >= 4 is 0 Å². The fraction of sp³-hybridized carbons (Fsp3) is 0.571. The van der Waals surface area contributed by atoms with Gasteiger partial charge in [-0.15, -0.1) is 0 Å². The molecule has 1 rings (SSSR count). The van der Waals surface area contributed by atoms with Gasteiger partial charge in [0, 0.05) is 11.6 Å². The number of rotatable bonds is 3. The van der Waals surface area contributed by atoms with E-state index in [1.807, 2.05) is 7.05 Å². The first-order valence-electron chi connectivity index (χ1n) is 5.72. The normalized spacial score (nSPS) is 13.6. The molecule has 1 N–H and O–H groups in total. The highest BCUT2D eigenvalue weighted by molar-refractivity contribution is 5.40. The Balaban J connectivity index is 3.20. The highest BCUT2D eigenvalue weighted by Crippen LogP contribution is 2.37. The average Bonchev–Trinajstić information content (AvgIpc) is 2.19. The maximum absolute atomic E-state index is 5.46. The van der Waals surface area contributed by atoms with Gasteiger partial charge in [-0.05, 0) is 31.0 Å². The van der Waals surface area contributed by atoms with E-state index in [1.54, 1.807) is 7.11 Å². The number of aryl methyl sites for hydroxylation is 1. The molecule has 0 aliphatic carbocycles. The number of ether oxygens (including phenoxy) is 1. The van der Waals surface area contributed by atoms with Crippen LogP contribution in [-0.2, 0) is 0 Å². The molecule has 0 bridgehead atoms. The van der Waals surface area contributed by atoms with Crippen LogP contribution in [0.2, 0.25) is 0 Å². The lowest BCUT2D eigenvalue weighted by molar-refractivity contribution is 0.278. The summed E-state index contributed by atoms with van der Waals surface area (Å²) >= 11 is 0. The standard InChI is InChI=1S/C14H23NO/c1-10-7-8-11(12(9-10)16-6)13(15-5)14(2,3)4/h7-9,13,15H,1-6H3. The van der Waals surface area contributed by atoms with Crippen molar-refractivity contribution in [2.24, 2.45) is 5.41 Å². The van der Waals surface area contributed by atoms with Gasteiger partial charge in [-0.3, -0.25) is 0 Å². The van der Waals surface area contributed by atoms with Gasteiger partial charge in [0.25, 0.3) is 0 Å². The minimum atomic E-state index is 0.164. The van der Waals surface area contributed by atoms with Crippen molar-refractivity contribution < 1.29 is 4.74 Å². The molecule has 0 aromatic heterocycles. The first-order chi connectivity index (χ1) is 7.40. The zero-order valence-electron chi connectivity index (χ0n) is 11.2. The smallest absolute Gasteiger partial charge is 0.123 e. The highest BCUT2D eigenvalue weighted by Gasteiger charge is 2.27. The molecule has 1 aromatic carbocycles. The van der Waals surface area contributed by atoms with Crippen LogP contribution in [-0.4, -0.2) is 14.2 Å². The highest BCUT2D eigenvalue weighted by atomic mass is 16.5. The Morgan fingerprint density at radius 3 is 2.31 bits per heavy atom. The van der Waals surface area contributed by atoms with E-state index in [4.69, 9.17) is 4.74 Å². The topological polar surface area (TPSA) is 21.3 Å². The van der Waals surface area contributed by atoms with Crippen LogP contribution in [0, 0.1) is 12.3 Å². The first-order valence-corrected chi connectivity index (χ1v) is 5.72. The van der Waals surface area contributed by atoms with E-state index in [0.29, 0.717) is 6.04 Å². The molecule has 1 unspecified atom stereocenters. The zero-order valence-corrected chi connectivity index (χ0v) is 11.2. The summed E-state index contributed by atoms with van der Waals surface area (Å²) in [6.45, 7) is 8.77. The molecule has 0 aliphatic rings. The summed E-state index contributed by atoms with van der Waals surface area (Å²) in [6.07, 6.45) is 0. The SMILES string of the molecule is CNC(c1ccc(C)cc1OC)C(C)(C)C. The molecule has 16 heavy (non-hydrogen) atoms. The van der Waals surface area contributed by atoms with E-state index in [1.165, 1.54) is 11.1 Å². The molecule has 0 aliphatic heterocycles. The van der Waals surface area contributed by atoms with E-state index in [-0.39, 0.29) is 5.41 Å². The largest absolute Gasteiger partial charge is 0.496 e. The average molecular weight is 221 g/mol. The van der Waals surface area contributed by atoms with Crippen molar-refractivity contribution in [3.63, 3.8) is 0 Å². The maximum atomic E-state index is 5.46. The second kappa shape index (κ2) is 4.88. The Hall–Kier alpha value is -1.02. The Kier molecular flexibility index (Phi) is 3.98. The maximum Gasteiger partial charge on any atom is 0.123 e. The summed E-state index contributed by atoms with van der Waals surface area (Å²) in [5.74, 6) is 0.967. The molecule has 0 heterocycles. The van der Waals surface area contributed by atoms with Crippen LogP contribution >= 0.6 is 0 Å². The first kappa shape index (κ1) is 13.0. The Labute approximate surface area is 99.0 Å². The van der Waals surface area contributed by atoms with Gasteiger partial charge in [-0.1, -0.05) is 32.9 Å². The van der Waals surface area contributed by atoms with Crippen LogP contribution in [0.4, 0.5) is 0 Å².